The monoisotopic (exact) mass is 404 g/mol. The third-order valence-corrected chi connectivity index (χ3v) is 2.66. The molecule has 6 heteroatoms. The number of benzene rings is 1. The van der Waals surface area contributed by atoms with E-state index < -0.39 is 0 Å². The van der Waals surface area contributed by atoms with E-state index in [1.165, 1.54) is 0 Å². The molecule has 118 valence electrons. The topological polar surface area (TPSA) is 56.7 Å². The molecule has 0 unspecified atom stereocenters. The Morgan fingerprint density at radius 2 is 1.86 bits per heavy atom. The molecule has 5 nitrogen and oxygen atoms in total. The first-order valence-corrected chi connectivity index (χ1v) is 6.89. The Morgan fingerprint density at radius 3 is 2.43 bits per heavy atom. The van der Waals surface area contributed by atoms with Gasteiger partial charge in [-0.25, -0.2) is 4.99 Å². The molecule has 0 fully saturated rings. The summed E-state index contributed by atoms with van der Waals surface area (Å²) in [6.07, 6.45) is 0.939. The number of hydrogen-bond acceptors (Lipinski definition) is 2. The molecule has 0 spiro atoms. The van der Waals surface area contributed by atoms with Gasteiger partial charge in [0.1, 0.15) is 0 Å². The van der Waals surface area contributed by atoms with Gasteiger partial charge < -0.3 is 15.5 Å². The summed E-state index contributed by atoms with van der Waals surface area (Å²) in [7, 11) is 3.81. The molecule has 0 aromatic heterocycles. The second kappa shape index (κ2) is 11.4. The van der Waals surface area contributed by atoms with Crippen LogP contribution >= 0.6 is 24.0 Å². The van der Waals surface area contributed by atoms with Crippen molar-refractivity contribution in [3.8, 4) is 0 Å². The van der Waals surface area contributed by atoms with Crippen LogP contribution in [0.15, 0.2) is 35.3 Å². The van der Waals surface area contributed by atoms with Crippen LogP contribution in [0.2, 0.25) is 0 Å². The minimum atomic E-state index is -0.0129. The maximum Gasteiger partial charge on any atom is 0.239 e. The lowest BCUT2D eigenvalue weighted by Crippen LogP contribution is -2.42. The van der Waals surface area contributed by atoms with E-state index in [1.54, 1.807) is 0 Å². The van der Waals surface area contributed by atoms with E-state index in [-0.39, 0.29) is 36.4 Å². The fourth-order valence-electron chi connectivity index (χ4n) is 1.59. The van der Waals surface area contributed by atoms with Gasteiger partial charge in [0.2, 0.25) is 5.91 Å². The summed E-state index contributed by atoms with van der Waals surface area (Å²) in [5.41, 5.74) is 1.14. The maximum absolute atomic E-state index is 11.6. The Morgan fingerprint density at radius 1 is 1.19 bits per heavy atom. The van der Waals surface area contributed by atoms with Crippen molar-refractivity contribution in [2.75, 3.05) is 27.2 Å². The van der Waals surface area contributed by atoms with Gasteiger partial charge in [-0.05, 0) is 12.0 Å². The number of halogens is 1. The molecule has 0 aliphatic carbocycles. The van der Waals surface area contributed by atoms with E-state index in [0.717, 1.165) is 12.0 Å². The molecule has 1 rings (SSSR count). The van der Waals surface area contributed by atoms with Gasteiger partial charge in [-0.3, -0.25) is 4.79 Å². The fourth-order valence-corrected chi connectivity index (χ4v) is 1.59. The van der Waals surface area contributed by atoms with E-state index in [4.69, 9.17) is 0 Å². The summed E-state index contributed by atoms with van der Waals surface area (Å²) in [5, 5.41) is 5.89. The lowest BCUT2D eigenvalue weighted by Gasteiger charge is -2.17. The number of amides is 1. The van der Waals surface area contributed by atoms with Gasteiger partial charge in [-0.15, -0.1) is 24.0 Å². The van der Waals surface area contributed by atoms with E-state index in [1.807, 2.05) is 56.3 Å². The molecular weight excluding hydrogens is 379 g/mol. The number of aliphatic imine (C=N–C) groups is 1. The van der Waals surface area contributed by atoms with Crippen LogP contribution in [0.25, 0.3) is 0 Å². The number of nitrogens with zero attached hydrogens (tertiary/aromatic N) is 2. The summed E-state index contributed by atoms with van der Waals surface area (Å²) >= 11 is 0. The maximum atomic E-state index is 11.6. The van der Waals surface area contributed by atoms with Crippen LogP contribution in [0.1, 0.15) is 18.9 Å². The predicted molar refractivity (Wildman–Crippen MR) is 98.0 cm³/mol. The molecule has 1 aromatic rings. The van der Waals surface area contributed by atoms with Crippen molar-refractivity contribution in [2.45, 2.75) is 19.9 Å². The van der Waals surface area contributed by atoms with Crippen LogP contribution in [-0.2, 0) is 11.3 Å². The Balaban J connectivity index is 0.00000400. The Kier molecular flexibility index (Phi) is 10.7. The summed E-state index contributed by atoms with van der Waals surface area (Å²) in [5.74, 6) is 0.696. The van der Waals surface area contributed by atoms with Crippen LogP contribution < -0.4 is 10.6 Å². The highest BCUT2D eigenvalue weighted by molar-refractivity contribution is 14.0. The number of carbonyl (C=O) groups excluding carboxylic acids is 1. The molecule has 1 amide bonds. The average molecular weight is 404 g/mol. The van der Waals surface area contributed by atoms with Gasteiger partial charge in [-0.2, -0.15) is 0 Å². The molecule has 0 bridgehead atoms. The second-order valence-electron chi connectivity index (χ2n) is 4.72. The normalized spacial score (nSPS) is 10.5. The SMILES string of the molecule is CCCNC(=O)CNC(=NCc1ccccc1)N(C)C.I. The van der Waals surface area contributed by atoms with Crippen LogP contribution in [-0.4, -0.2) is 44.0 Å². The van der Waals surface area contributed by atoms with Crippen molar-refractivity contribution in [2.24, 2.45) is 4.99 Å². The van der Waals surface area contributed by atoms with Crippen molar-refractivity contribution in [1.82, 2.24) is 15.5 Å². The molecule has 0 saturated heterocycles. The van der Waals surface area contributed by atoms with Crippen LogP contribution in [0.5, 0.6) is 0 Å². The lowest BCUT2D eigenvalue weighted by molar-refractivity contribution is -0.120. The highest BCUT2D eigenvalue weighted by Gasteiger charge is 2.05. The third kappa shape index (κ3) is 8.54. The number of rotatable bonds is 6. The molecule has 0 saturated carbocycles. The first-order valence-electron chi connectivity index (χ1n) is 6.89. The first-order chi connectivity index (χ1) is 9.63. The zero-order valence-corrected chi connectivity index (χ0v) is 15.3. The standard InChI is InChI=1S/C15H24N4O.HI/c1-4-10-16-14(20)12-18-15(19(2)3)17-11-13-8-6-5-7-9-13;/h5-9H,4,10-12H2,1-3H3,(H,16,20)(H,17,18);1H. The summed E-state index contributed by atoms with van der Waals surface area (Å²) in [6.45, 7) is 3.57. The van der Waals surface area contributed by atoms with E-state index in [2.05, 4.69) is 15.6 Å². The van der Waals surface area contributed by atoms with Crippen molar-refractivity contribution >= 4 is 35.8 Å². The second-order valence-corrected chi connectivity index (χ2v) is 4.72. The predicted octanol–water partition coefficient (Wildman–Crippen LogP) is 1.84. The van der Waals surface area contributed by atoms with Gasteiger partial charge in [-0.1, -0.05) is 37.3 Å². The van der Waals surface area contributed by atoms with E-state index in [9.17, 15) is 4.79 Å². The molecule has 2 N–H and O–H groups in total. The zero-order valence-electron chi connectivity index (χ0n) is 12.9. The number of hydrogen-bond donors (Lipinski definition) is 2. The molecule has 0 radical (unpaired) electrons. The van der Waals surface area contributed by atoms with Crippen molar-refractivity contribution in [3.05, 3.63) is 35.9 Å². The molecule has 1 aromatic carbocycles. The Bertz CT molecular complexity index is 435. The Hall–Kier alpha value is -1.31. The molecule has 21 heavy (non-hydrogen) atoms. The van der Waals surface area contributed by atoms with Gasteiger partial charge in [0, 0.05) is 20.6 Å². The number of carbonyl (C=O) groups is 1. The summed E-state index contributed by atoms with van der Waals surface area (Å²) in [6, 6.07) is 10.0. The number of nitrogens with one attached hydrogen (secondary N) is 2. The smallest absolute Gasteiger partial charge is 0.239 e. The largest absolute Gasteiger partial charge is 0.355 e. The molecule has 0 heterocycles. The lowest BCUT2D eigenvalue weighted by atomic mass is 10.2. The van der Waals surface area contributed by atoms with Crippen molar-refractivity contribution < 1.29 is 4.79 Å². The zero-order chi connectivity index (χ0) is 14.8. The van der Waals surface area contributed by atoms with Crippen LogP contribution in [0, 0.1) is 0 Å². The summed E-state index contributed by atoms with van der Waals surface area (Å²) < 4.78 is 0. The van der Waals surface area contributed by atoms with E-state index in [0.29, 0.717) is 19.0 Å². The minimum Gasteiger partial charge on any atom is -0.355 e. The van der Waals surface area contributed by atoms with Gasteiger partial charge in [0.25, 0.3) is 0 Å². The fraction of sp³-hybridized carbons (Fsp3) is 0.467. The molecule has 0 aliphatic heterocycles. The van der Waals surface area contributed by atoms with Crippen LogP contribution in [0.4, 0.5) is 0 Å². The number of guanidine groups is 1. The average Bonchev–Trinajstić information content (AvgIpc) is 2.45. The Labute approximate surface area is 144 Å². The van der Waals surface area contributed by atoms with Gasteiger partial charge in [0.05, 0.1) is 13.1 Å². The first kappa shape index (κ1) is 19.7. The molecular formula is C15H25IN4O. The quantitative estimate of drug-likeness (QED) is 0.432. The third-order valence-electron chi connectivity index (χ3n) is 2.66. The van der Waals surface area contributed by atoms with Crippen molar-refractivity contribution in [3.63, 3.8) is 0 Å². The van der Waals surface area contributed by atoms with Gasteiger partial charge >= 0.3 is 0 Å². The minimum absolute atomic E-state index is 0. The highest BCUT2D eigenvalue weighted by atomic mass is 127. The highest BCUT2D eigenvalue weighted by Crippen LogP contribution is 2.00. The summed E-state index contributed by atoms with van der Waals surface area (Å²) in [4.78, 5) is 17.9. The van der Waals surface area contributed by atoms with E-state index >= 15 is 0 Å². The molecule has 0 atom stereocenters. The van der Waals surface area contributed by atoms with Crippen LogP contribution in [0.3, 0.4) is 0 Å². The molecule has 0 aliphatic rings. The van der Waals surface area contributed by atoms with Gasteiger partial charge in [0.15, 0.2) is 5.96 Å². The van der Waals surface area contributed by atoms with Crippen molar-refractivity contribution in [1.29, 1.82) is 0 Å².